The maximum Gasteiger partial charge on any atom is 0.317 e. The molecule has 0 saturated heterocycles. The molecule has 2 rings (SSSR count). The van der Waals surface area contributed by atoms with Gasteiger partial charge in [-0.3, -0.25) is 9.89 Å². The standard InChI is InChI=1S/C8H12N4O2/c9-7-10-5(11-12-7)8(6(13)14)3-1-2-4-8/h1-4H2,(H,13,14)(H3,9,10,11,12). The second kappa shape index (κ2) is 2.97. The molecule has 0 radical (unpaired) electrons. The molecule has 1 saturated carbocycles. The van der Waals surface area contributed by atoms with Crippen LogP contribution < -0.4 is 5.73 Å². The molecule has 1 fully saturated rings. The van der Waals surface area contributed by atoms with Gasteiger partial charge in [-0.1, -0.05) is 12.8 Å². The quantitative estimate of drug-likeness (QED) is 0.630. The van der Waals surface area contributed by atoms with Crippen LogP contribution in [-0.2, 0) is 10.2 Å². The summed E-state index contributed by atoms with van der Waals surface area (Å²) in [5.41, 5.74) is 4.47. The molecular formula is C8H12N4O2. The Labute approximate surface area is 80.5 Å². The fraction of sp³-hybridized carbons (Fsp3) is 0.625. The molecule has 0 spiro atoms. The Morgan fingerprint density at radius 3 is 2.57 bits per heavy atom. The minimum Gasteiger partial charge on any atom is -0.480 e. The molecule has 0 unspecified atom stereocenters. The number of rotatable bonds is 2. The number of hydrogen-bond donors (Lipinski definition) is 3. The van der Waals surface area contributed by atoms with Crippen molar-refractivity contribution in [3.63, 3.8) is 0 Å². The summed E-state index contributed by atoms with van der Waals surface area (Å²) in [7, 11) is 0. The lowest BCUT2D eigenvalue weighted by Gasteiger charge is -2.19. The number of aliphatic carboxylic acids is 1. The number of H-pyrrole nitrogens is 1. The molecule has 76 valence electrons. The molecule has 1 aliphatic rings. The fourth-order valence-corrected chi connectivity index (χ4v) is 2.02. The number of nitrogens with one attached hydrogen (secondary N) is 1. The van der Waals surface area contributed by atoms with Gasteiger partial charge in [-0.25, -0.2) is 0 Å². The molecule has 0 bridgehead atoms. The largest absolute Gasteiger partial charge is 0.480 e. The van der Waals surface area contributed by atoms with Crippen molar-refractivity contribution >= 4 is 11.9 Å². The van der Waals surface area contributed by atoms with Crippen molar-refractivity contribution in [1.29, 1.82) is 0 Å². The minimum absolute atomic E-state index is 0.104. The van der Waals surface area contributed by atoms with Gasteiger partial charge >= 0.3 is 5.97 Å². The van der Waals surface area contributed by atoms with E-state index in [9.17, 15) is 9.90 Å². The molecule has 0 aliphatic heterocycles. The van der Waals surface area contributed by atoms with Gasteiger partial charge < -0.3 is 10.8 Å². The van der Waals surface area contributed by atoms with Gasteiger partial charge in [0.2, 0.25) is 5.95 Å². The van der Waals surface area contributed by atoms with Crippen LogP contribution >= 0.6 is 0 Å². The average molecular weight is 196 g/mol. The van der Waals surface area contributed by atoms with E-state index in [4.69, 9.17) is 5.73 Å². The zero-order valence-electron chi connectivity index (χ0n) is 7.66. The summed E-state index contributed by atoms with van der Waals surface area (Å²) in [5.74, 6) is -0.348. The van der Waals surface area contributed by atoms with E-state index >= 15 is 0 Å². The first-order valence-corrected chi connectivity index (χ1v) is 4.57. The van der Waals surface area contributed by atoms with Crippen LogP contribution in [0, 0.1) is 0 Å². The number of carboxylic acid groups (broad SMARTS) is 1. The minimum atomic E-state index is -0.884. The third-order valence-corrected chi connectivity index (χ3v) is 2.82. The Kier molecular flexibility index (Phi) is 1.90. The van der Waals surface area contributed by atoms with Gasteiger partial charge in [0.1, 0.15) is 11.2 Å². The first-order valence-electron chi connectivity index (χ1n) is 4.57. The predicted molar refractivity (Wildman–Crippen MR) is 48.6 cm³/mol. The second-order valence-electron chi connectivity index (χ2n) is 3.64. The van der Waals surface area contributed by atoms with Crippen molar-refractivity contribution in [3.05, 3.63) is 5.82 Å². The molecule has 1 aromatic rings. The molecule has 6 heteroatoms. The summed E-state index contributed by atoms with van der Waals surface area (Å²) in [6.07, 6.45) is 3.04. The lowest BCUT2D eigenvalue weighted by molar-refractivity contribution is -0.144. The smallest absolute Gasteiger partial charge is 0.317 e. The molecule has 1 heterocycles. The molecule has 14 heavy (non-hydrogen) atoms. The Balaban J connectivity index is 2.41. The van der Waals surface area contributed by atoms with Crippen molar-refractivity contribution in [1.82, 2.24) is 15.2 Å². The van der Waals surface area contributed by atoms with E-state index in [2.05, 4.69) is 15.2 Å². The summed E-state index contributed by atoms with van der Waals surface area (Å²) in [4.78, 5) is 15.1. The van der Waals surface area contributed by atoms with Crippen LogP contribution in [0.3, 0.4) is 0 Å². The van der Waals surface area contributed by atoms with Crippen LogP contribution in [-0.4, -0.2) is 26.3 Å². The number of carbonyl (C=O) groups is 1. The Bertz CT molecular complexity index is 354. The molecule has 0 amide bonds. The fourth-order valence-electron chi connectivity index (χ4n) is 2.02. The van der Waals surface area contributed by atoms with Gasteiger partial charge in [-0.05, 0) is 12.8 Å². The van der Waals surface area contributed by atoms with Crippen molar-refractivity contribution in [2.45, 2.75) is 31.1 Å². The van der Waals surface area contributed by atoms with Crippen LogP contribution in [0.5, 0.6) is 0 Å². The third-order valence-electron chi connectivity index (χ3n) is 2.82. The summed E-state index contributed by atoms with van der Waals surface area (Å²) < 4.78 is 0. The lowest BCUT2D eigenvalue weighted by Crippen LogP contribution is -2.33. The molecular weight excluding hydrogens is 184 g/mol. The van der Waals surface area contributed by atoms with Gasteiger partial charge in [0.15, 0.2) is 0 Å². The Hall–Kier alpha value is -1.59. The second-order valence-corrected chi connectivity index (χ2v) is 3.64. The predicted octanol–water partition coefficient (Wildman–Crippen LogP) is 0.283. The summed E-state index contributed by atoms with van der Waals surface area (Å²) in [6.45, 7) is 0. The van der Waals surface area contributed by atoms with Crippen LogP contribution in [0.4, 0.5) is 5.95 Å². The number of nitrogens with two attached hydrogens (primary N) is 1. The van der Waals surface area contributed by atoms with Crippen molar-refractivity contribution < 1.29 is 9.90 Å². The number of nitrogen functional groups attached to an aromatic ring is 1. The van der Waals surface area contributed by atoms with E-state index in [0.29, 0.717) is 18.7 Å². The molecule has 4 N–H and O–H groups in total. The van der Waals surface area contributed by atoms with E-state index in [0.717, 1.165) is 12.8 Å². The van der Waals surface area contributed by atoms with Crippen molar-refractivity contribution in [3.8, 4) is 0 Å². The molecule has 1 aromatic heterocycles. The van der Waals surface area contributed by atoms with Crippen LogP contribution in [0.2, 0.25) is 0 Å². The highest BCUT2D eigenvalue weighted by Crippen LogP contribution is 2.39. The van der Waals surface area contributed by atoms with Crippen LogP contribution in [0.1, 0.15) is 31.5 Å². The summed E-state index contributed by atoms with van der Waals surface area (Å²) in [6, 6.07) is 0. The maximum atomic E-state index is 11.2. The van der Waals surface area contributed by atoms with E-state index in [1.165, 1.54) is 0 Å². The third kappa shape index (κ3) is 1.14. The zero-order valence-corrected chi connectivity index (χ0v) is 7.66. The van der Waals surface area contributed by atoms with Crippen LogP contribution in [0.25, 0.3) is 0 Å². The number of anilines is 1. The van der Waals surface area contributed by atoms with E-state index in [1.54, 1.807) is 0 Å². The van der Waals surface area contributed by atoms with Crippen LogP contribution in [0.15, 0.2) is 0 Å². The molecule has 0 atom stereocenters. The maximum absolute atomic E-state index is 11.2. The lowest BCUT2D eigenvalue weighted by atomic mass is 9.85. The Morgan fingerprint density at radius 2 is 2.14 bits per heavy atom. The summed E-state index contributed by atoms with van der Waals surface area (Å²) in [5, 5.41) is 15.5. The molecule has 1 aliphatic carbocycles. The van der Waals surface area contributed by atoms with E-state index < -0.39 is 11.4 Å². The van der Waals surface area contributed by atoms with Gasteiger partial charge in [0.05, 0.1) is 0 Å². The highest BCUT2D eigenvalue weighted by atomic mass is 16.4. The average Bonchev–Trinajstić information content (AvgIpc) is 2.71. The monoisotopic (exact) mass is 196 g/mol. The number of hydrogen-bond acceptors (Lipinski definition) is 4. The molecule has 0 aromatic carbocycles. The van der Waals surface area contributed by atoms with Gasteiger partial charge in [0, 0.05) is 0 Å². The van der Waals surface area contributed by atoms with Gasteiger partial charge in [-0.2, -0.15) is 4.98 Å². The first-order chi connectivity index (χ1) is 6.65. The van der Waals surface area contributed by atoms with Crippen molar-refractivity contribution in [2.75, 3.05) is 5.73 Å². The SMILES string of the molecule is Nc1n[nH]c(C2(C(=O)O)CCCC2)n1. The Morgan fingerprint density at radius 1 is 1.50 bits per heavy atom. The number of aromatic amines is 1. The van der Waals surface area contributed by atoms with E-state index in [1.807, 2.05) is 0 Å². The number of aromatic nitrogens is 3. The van der Waals surface area contributed by atoms with Gasteiger partial charge in [0.25, 0.3) is 0 Å². The topological polar surface area (TPSA) is 105 Å². The van der Waals surface area contributed by atoms with Crippen molar-refractivity contribution in [2.24, 2.45) is 0 Å². The number of nitrogens with zero attached hydrogens (tertiary/aromatic N) is 2. The zero-order chi connectivity index (χ0) is 10.2. The highest BCUT2D eigenvalue weighted by molar-refractivity contribution is 5.80. The number of carboxylic acids is 1. The van der Waals surface area contributed by atoms with E-state index in [-0.39, 0.29) is 5.95 Å². The molecule has 6 nitrogen and oxygen atoms in total. The summed E-state index contributed by atoms with van der Waals surface area (Å²) >= 11 is 0. The van der Waals surface area contributed by atoms with Gasteiger partial charge in [-0.15, -0.1) is 5.10 Å². The highest BCUT2D eigenvalue weighted by Gasteiger charge is 2.45. The normalized spacial score (nSPS) is 19.7. The first kappa shape index (κ1) is 8.98.